The second kappa shape index (κ2) is 5.89. The Morgan fingerprint density at radius 2 is 1.79 bits per heavy atom. The minimum atomic E-state index is 0.549. The first-order valence-electron chi connectivity index (χ1n) is 6.41. The van der Waals surface area contributed by atoms with Crippen LogP contribution < -0.4 is 5.32 Å². The minimum Gasteiger partial charge on any atom is -0.385 e. The molecule has 0 aliphatic heterocycles. The smallest absolute Gasteiger partial charge is 0.0998 e. The van der Waals surface area contributed by atoms with Crippen LogP contribution in [-0.4, -0.2) is 6.54 Å². The number of unbranched alkanes of at least 4 members (excludes halogenated alkanes) is 1. The van der Waals surface area contributed by atoms with Gasteiger partial charge >= 0.3 is 0 Å². The fraction of sp³-hybridized carbons (Fsp3) is 0.250. The maximum Gasteiger partial charge on any atom is 0.0998 e. The van der Waals surface area contributed by atoms with Crippen molar-refractivity contribution in [2.24, 2.45) is 0 Å². The number of hydrogen-bond acceptors (Lipinski definition) is 3. The summed E-state index contributed by atoms with van der Waals surface area (Å²) in [6, 6.07) is 13.6. The molecule has 19 heavy (non-hydrogen) atoms. The van der Waals surface area contributed by atoms with Crippen LogP contribution in [0.3, 0.4) is 0 Å². The van der Waals surface area contributed by atoms with Crippen molar-refractivity contribution in [3.05, 3.63) is 41.5 Å². The van der Waals surface area contributed by atoms with Crippen LogP contribution in [0.25, 0.3) is 10.8 Å². The molecular formula is C16H15N3. The normalized spacial score (nSPS) is 9.84. The van der Waals surface area contributed by atoms with Gasteiger partial charge in [0.25, 0.3) is 0 Å². The molecule has 0 aromatic heterocycles. The molecule has 0 radical (unpaired) electrons. The zero-order valence-electron chi connectivity index (χ0n) is 10.9. The van der Waals surface area contributed by atoms with Crippen LogP contribution in [0.1, 0.15) is 30.9 Å². The van der Waals surface area contributed by atoms with Crippen LogP contribution in [0.2, 0.25) is 0 Å². The highest BCUT2D eigenvalue weighted by Crippen LogP contribution is 2.29. The topological polar surface area (TPSA) is 59.6 Å². The van der Waals surface area contributed by atoms with Crippen LogP contribution in [0.4, 0.5) is 5.69 Å². The van der Waals surface area contributed by atoms with Crippen LogP contribution in [0.5, 0.6) is 0 Å². The van der Waals surface area contributed by atoms with Gasteiger partial charge in [0.2, 0.25) is 0 Å². The Balaban J connectivity index is 2.58. The number of nitriles is 2. The summed E-state index contributed by atoms with van der Waals surface area (Å²) in [4.78, 5) is 0. The molecule has 0 aliphatic rings. The summed E-state index contributed by atoms with van der Waals surface area (Å²) >= 11 is 0. The van der Waals surface area contributed by atoms with Crippen LogP contribution >= 0.6 is 0 Å². The van der Waals surface area contributed by atoms with Gasteiger partial charge in [0.15, 0.2) is 0 Å². The molecule has 1 N–H and O–H groups in total. The lowest BCUT2D eigenvalue weighted by Gasteiger charge is -2.11. The molecular weight excluding hydrogens is 234 g/mol. The second-order valence-electron chi connectivity index (χ2n) is 4.39. The Hall–Kier alpha value is -2.52. The molecule has 0 heterocycles. The van der Waals surface area contributed by atoms with E-state index in [-0.39, 0.29) is 0 Å². The molecule has 0 bridgehead atoms. The quantitative estimate of drug-likeness (QED) is 0.838. The van der Waals surface area contributed by atoms with E-state index in [1.807, 2.05) is 18.2 Å². The third kappa shape index (κ3) is 2.51. The molecule has 2 rings (SSSR count). The van der Waals surface area contributed by atoms with Crippen molar-refractivity contribution in [1.82, 2.24) is 0 Å². The predicted molar refractivity (Wildman–Crippen MR) is 76.8 cm³/mol. The summed E-state index contributed by atoms with van der Waals surface area (Å²) in [6.45, 7) is 3.04. The molecule has 0 saturated carbocycles. The number of nitrogens with one attached hydrogen (secondary N) is 1. The van der Waals surface area contributed by atoms with Gasteiger partial charge in [0.1, 0.15) is 0 Å². The molecule has 0 fully saturated rings. The average molecular weight is 249 g/mol. The Bertz CT molecular complexity index is 654. The van der Waals surface area contributed by atoms with E-state index < -0.39 is 0 Å². The van der Waals surface area contributed by atoms with E-state index in [1.54, 1.807) is 12.1 Å². The third-order valence-electron chi connectivity index (χ3n) is 3.13. The van der Waals surface area contributed by atoms with Gasteiger partial charge in [0, 0.05) is 23.0 Å². The SMILES string of the molecule is CCCCNc1ccc(C#N)c2c(C#N)cccc12. The van der Waals surface area contributed by atoms with E-state index >= 15 is 0 Å². The summed E-state index contributed by atoms with van der Waals surface area (Å²) in [7, 11) is 0. The molecule has 2 aromatic rings. The van der Waals surface area contributed by atoms with E-state index in [4.69, 9.17) is 0 Å². The zero-order valence-corrected chi connectivity index (χ0v) is 10.9. The summed E-state index contributed by atoms with van der Waals surface area (Å²) in [5, 5.41) is 23.4. The zero-order chi connectivity index (χ0) is 13.7. The Morgan fingerprint density at radius 3 is 2.47 bits per heavy atom. The van der Waals surface area contributed by atoms with Gasteiger partial charge in [-0.3, -0.25) is 0 Å². The first-order chi connectivity index (χ1) is 9.31. The Labute approximate surface area is 113 Å². The van der Waals surface area contributed by atoms with Gasteiger partial charge in [-0.15, -0.1) is 0 Å². The van der Waals surface area contributed by atoms with Crippen molar-refractivity contribution in [2.75, 3.05) is 11.9 Å². The highest BCUT2D eigenvalue weighted by molar-refractivity contribution is 6.00. The highest BCUT2D eigenvalue weighted by atomic mass is 14.9. The summed E-state index contributed by atoms with van der Waals surface area (Å²) in [5.41, 5.74) is 2.08. The fourth-order valence-electron chi connectivity index (χ4n) is 2.15. The Kier molecular flexibility index (Phi) is 4.00. The van der Waals surface area contributed by atoms with Gasteiger partial charge in [-0.1, -0.05) is 25.5 Å². The van der Waals surface area contributed by atoms with Crippen LogP contribution in [0, 0.1) is 22.7 Å². The van der Waals surface area contributed by atoms with Crippen molar-refractivity contribution in [2.45, 2.75) is 19.8 Å². The van der Waals surface area contributed by atoms with E-state index in [1.165, 1.54) is 0 Å². The number of anilines is 1. The maximum absolute atomic E-state index is 9.18. The lowest BCUT2D eigenvalue weighted by atomic mass is 9.99. The summed E-state index contributed by atoms with van der Waals surface area (Å²) in [5.74, 6) is 0. The first-order valence-corrected chi connectivity index (χ1v) is 6.41. The van der Waals surface area contributed by atoms with Gasteiger partial charge in [-0.05, 0) is 24.6 Å². The Morgan fingerprint density at radius 1 is 1.05 bits per heavy atom. The van der Waals surface area contributed by atoms with Gasteiger partial charge in [-0.2, -0.15) is 10.5 Å². The van der Waals surface area contributed by atoms with Gasteiger partial charge < -0.3 is 5.32 Å². The van der Waals surface area contributed by atoms with Crippen molar-refractivity contribution in [3.63, 3.8) is 0 Å². The largest absolute Gasteiger partial charge is 0.385 e. The van der Waals surface area contributed by atoms with Crippen molar-refractivity contribution in [1.29, 1.82) is 10.5 Å². The number of fused-ring (bicyclic) bond motifs is 1. The lowest BCUT2D eigenvalue weighted by Crippen LogP contribution is -2.02. The van der Waals surface area contributed by atoms with Crippen molar-refractivity contribution < 1.29 is 0 Å². The average Bonchev–Trinajstić information content (AvgIpc) is 2.47. The predicted octanol–water partition coefficient (Wildman–Crippen LogP) is 3.80. The van der Waals surface area contributed by atoms with E-state index in [0.717, 1.165) is 35.8 Å². The van der Waals surface area contributed by atoms with Gasteiger partial charge in [-0.25, -0.2) is 0 Å². The first kappa shape index (κ1) is 12.9. The monoisotopic (exact) mass is 249 g/mol. The molecule has 2 aromatic carbocycles. The molecule has 0 unspecified atom stereocenters. The minimum absolute atomic E-state index is 0.549. The molecule has 0 atom stereocenters. The summed E-state index contributed by atoms with van der Waals surface area (Å²) in [6.07, 6.45) is 2.23. The van der Waals surface area contributed by atoms with Crippen LogP contribution in [-0.2, 0) is 0 Å². The number of nitrogens with zero attached hydrogens (tertiary/aromatic N) is 2. The van der Waals surface area contributed by atoms with Crippen molar-refractivity contribution >= 4 is 16.5 Å². The third-order valence-corrected chi connectivity index (χ3v) is 3.13. The molecule has 3 nitrogen and oxygen atoms in total. The molecule has 3 heteroatoms. The van der Waals surface area contributed by atoms with E-state index in [9.17, 15) is 10.5 Å². The maximum atomic E-state index is 9.18. The number of rotatable bonds is 4. The summed E-state index contributed by atoms with van der Waals surface area (Å²) < 4.78 is 0. The molecule has 0 amide bonds. The molecule has 0 saturated heterocycles. The standard InChI is InChI=1S/C16H15N3/c1-2-3-9-19-15-8-7-13(11-18)16-12(10-17)5-4-6-14(15)16/h4-8,19H,2-3,9H2,1H3. The fourth-order valence-corrected chi connectivity index (χ4v) is 2.15. The molecule has 0 aliphatic carbocycles. The molecule has 0 spiro atoms. The number of hydrogen-bond donors (Lipinski definition) is 1. The van der Waals surface area contributed by atoms with Crippen molar-refractivity contribution in [3.8, 4) is 12.1 Å². The van der Waals surface area contributed by atoms with Gasteiger partial charge in [0.05, 0.1) is 23.3 Å². The van der Waals surface area contributed by atoms with E-state index in [2.05, 4.69) is 24.4 Å². The number of benzene rings is 2. The van der Waals surface area contributed by atoms with Crippen LogP contribution in [0.15, 0.2) is 30.3 Å². The highest BCUT2D eigenvalue weighted by Gasteiger charge is 2.09. The van der Waals surface area contributed by atoms with E-state index in [0.29, 0.717) is 11.1 Å². The second-order valence-corrected chi connectivity index (χ2v) is 4.39. The lowest BCUT2D eigenvalue weighted by molar-refractivity contribution is 0.835. The molecule has 94 valence electrons.